The van der Waals surface area contributed by atoms with Gasteiger partial charge < -0.3 is 5.32 Å². The van der Waals surface area contributed by atoms with E-state index in [2.05, 4.69) is 17.3 Å². The van der Waals surface area contributed by atoms with Crippen LogP contribution < -0.4 is 10.7 Å². The molecule has 1 aromatic carbocycles. The van der Waals surface area contributed by atoms with Gasteiger partial charge in [-0.3, -0.25) is 9.48 Å². The predicted octanol–water partition coefficient (Wildman–Crippen LogP) is 2.17. The maximum atomic E-state index is 11.7. The summed E-state index contributed by atoms with van der Waals surface area (Å²) in [5, 5.41) is 8.22. The van der Waals surface area contributed by atoms with Crippen molar-refractivity contribution < 1.29 is 0 Å². The van der Waals surface area contributed by atoms with Gasteiger partial charge in [-0.1, -0.05) is 18.6 Å². The molecule has 1 atom stereocenters. The van der Waals surface area contributed by atoms with Crippen LogP contribution in [-0.4, -0.2) is 22.9 Å². The monoisotopic (exact) mass is 259 g/mol. The van der Waals surface area contributed by atoms with Crippen molar-refractivity contribution in [1.82, 2.24) is 15.1 Å². The van der Waals surface area contributed by atoms with Crippen LogP contribution in [0.2, 0.25) is 0 Å². The fourth-order valence-corrected chi connectivity index (χ4v) is 2.20. The molecule has 1 N–H and O–H groups in total. The van der Waals surface area contributed by atoms with Crippen molar-refractivity contribution in [3.63, 3.8) is 0 Å². The summed E-state index contributed by atoms with van der Waals surface area (Å²) in [4.78, 5) is 11.7. The minimum absolute atomic E-state index is 0.00402. The number of unbranched alkanes of at least 4 members (excludes halogenated alkanes) is 1. The van der Waals surface area contributed by atoms with Crippen LogP contribution in [0.25, 0.3) is 10.9 Å². The van der Waals surface area contributed by atoms with Gasteiger partial charge in [0, 0.05) is 18.0 Å². The van der Waals surface area contributed by atoms with E-state index in [1.165, 1.54) is 6.20 Å². The van der Waals surface area contributed by atoms with E-state index < -0.39 is 0 Å². The second kappa shape index (κ2) is 6.48. The predicted molar refractivity (Wildman–Crippen MR) is 78.4 cm³/mol. The van der Waals surface area contributed by atoms with Crippen LogP contribution in [0.5, 0.6) is 0 Å². The zero-order valence-electron chi connectivity index (χ0n) is 11.6. The zero-order chi connectivity index (χ0) is 13.7. The van der Waals surface area contributed by atoms with Crippen LogP contribution in [0.3, 0.4) is 0 Å². The lowest BCUT2D eigenvalue weighted by Crippen LogP contribution is -2.21. The molecular formula is C15H21N3O. The summed E-state index contributed by atoms with van der Waals surface area (Å²) >= 11 is 0. The highest BCUT2D eigenvalue weighted by Gasteiger charge is 2.03. The molecule has 4 nitrogen and oxygen atoms in total. The maximum absolute atomic E-state index is 11.7. The number of benzene rings is 1. The molecule has 0 saturated heterocycles. The smallest absolute Gasteiger partial charge is 0.207 e. The Morgan fingerprint density at radius 1 is 1.32 bits per heavy atom. The number of hydrogen-bond donors (Lipinski definition) is 1. The molecule has 0 saturated carbocycles. The fraction of sp³-hybridized carbons (Fsp3) is 0.467. The molecule has 0 fully saturated rings. The molecule has 1 aromatic heterocycles. The standard InChI is InChI=1S/C15H21N3O/c1-12(16-2)7-5-6-10-18-14-9-4-3-8-13(14)15(19)11-17-18/h3-4,8-9,11-12,16H,5-7,10H2,1-2H3. The summed E-state index contributed by atoms with van der Waals surface area (Å²) in [6.07, 6.45) is 4.81. The lowest BCUT2D eigenvalue weighted by atomic mass is 10.1. The van der Waals surface area contributed by atoms with Crippen molar-refractivity contribution in [2.45, 2.75) is 38.8 Å². The number of nitrogens with one attached hydrogen (secondary N) is 1. The molecule has 0 bridgehead atoms. The van der Waals surface area contributed by atoms with Gasteiger partial charge in [0.1, 0.15) is 0 Å². The summed E-state index contributed by atoms with van der Waals surface area (Å²) < 4.78 is 1.93. The van der Waals surface area contributed by atoms with Crippen molar-refractivity contribution in [2.75, 3.05) is 7.05 Å². The van der Waals surface area contributed by atoms with E-state index in [9.17, 15) is 4.79 Å². The Labute approximate surface area is 113 Å². The van der Waals surface area contributed by atoms with Crippen molar-refractivity contribution in [3.05, 3.63) is 40.7 Å². The SMILES string of the molecule is CNC(C)CCCCn1ncc(=O)c2ccccc21. The number of aromatic nitrogens is 2. The van der Waals surface area contributed by atoms with Gasteiger partial charge in [0.05, 0.1) is 11.7 Å². The van der Waals surface area contributed by atoms with Crippen molar-refractivity contribution in [1.29, 1.82) is 0 Å². The number of nitrogens with zero attached hydrogens (tertiary/aromatic N) is 2. The molecule has 0 aliphatic heterocycles. The summed E-state index contributed by atoms with van der Waals surface area (Å²) in [5.41, 5.74) is 0.923. The van der Waals surface area contributed by atoms with Crippen LogP contribution in [0.15, 0.2) is 35.3 Å². The summed E-state index contributed by atoms with van der Waals surface area (Å²) in [6, 6.07) is 8.21. The van der Waals surface area contributed by atoms with E-state index in [0.717, 1.165) is 36.7 Å². The van der Waals surface area contributed by atoms with E-state index in [1.54, 1.807) is 0 Å². The Hall–Kier alpha value is -1.68. The molecule has 0 amide bonds. The van der Waals surface area contributed by atoms with E-state index in [-0.39, 0.29) is 5.43 Å². The van der Waals surface area contributed by atoms with Crippen LogP contribution in [0, 0.1) is 0 Å². The number of rotatable bonds is 6. The molecule has 19 heavy (non-hydrogen) atoms. The van der Waals surface area contributed by atoms with Crippen molar-refractivity contribution >= 4 is 10.9 Å². The largest absolute Gasteiger partial charge is 0.317 e. The topological polar surface area (TPSA) is 46.9 Å². The first-order valence-electron chi connectivity index (χ1n) is 6.84. The lowest BCUT2D eigenvalue weighted by molar-refractivity contribution is 0.493. The second-order valence-corrected chi connectivity index (χ2v) is 4.93. The summed E-state index contributed by atoms with van der Waals surface area (Å²) in [5.74, 6) is 0. The number of hydrogen-bond acceptors (Lipinski definition) is 3. The molecule has 1 heterocycles. The third-order valence-electron chi connectivity index (χ3n) is 3.51. The Balaban J connectivity index is 2.05. The van der Waals surface area contributed by atoms with Gasteiger partial charge in [0.2, 0.25) is 5.43 Å². The average molecular weight is 259 g/mol. The normalized spacial score (nSPS) is 12.7. The maximum Gasteiger partial charge on any atom is 0.207 e. The second-order valence-electron chi connectivity index (χ2n) is 4.93. The van der Waals surface area contributed by atoms with Gasteiger partial charge in [-0.2, -0.15) is 5.10 Å². The molecule has 2 rings (SSSR count). The molecule has 0 spiro atoms. The molecule has 4 heteroatoms. The Kier molecular flexibility index (Phi) is 4.68. The highest BCUT2D eigenvalue weighted by Crippen LogP contribution is 2.09. The van der Waals surface area contributed by atoms with E-state index >= 15 is 0 Å². The summed E-state index contributed by atoms with van der Waals surface area (Å²) in [7, 11) is 1.99. The number of fused-ring (bicyclic) bond motifs is 1. The van der Waals surface area contributed by atoms with Gasteiger partial charge in [-0.25, -0.2) is 0 Å². The third-order valence-corrected chi connectivity index (χ3v) is 3.51. The number of aryl methyl sites for hydroxylation is 1. The molecule has 1 unspecified atom stereocenters. The molecule has 2 aromatic rings. The molecule has 0 aliphatic rings. The highest BCUT2D eigenvalue weighted by molar-refractivity contribution is 5.77. The molecule has 102 valence electrons. The van der Waals surface area contributed by atoms with Crippen LogP contribution in [0.1, 0.15) is 26.2 Å². The van der Waals surface area contributed by atoms with Gasteiger partial charge in [-0.05, 0) is 38.9 Å². The fourth-order valence-electron chi connectivity index (χ4n) is 2.20. The van der Waals surface area contributed by atoms with Gasteiger partial charge >= 0.3 is 0 Å². The van der Waals surface area contributed by atoms with Gasteiger partial charge in [0.25, 0.3) is 0 Å². The third kappa shape index (κ3) is 3.41. The lowest BCUT2D eigenvalue weighted by Gasteiger charge is -2.11. The van der Waals surface area contributed by atoms with Crippen LogP contribution >= 0.6 is 0 Å². The van der Waals surface area contributed by atoms with E-state index in [0.29, 0.717) is 6.04 Å². The van der Waals surface area contributed by atoms with Gasteiger partial charge in [0.15, 0.2) is 0 Å². The minimum Gasteiger partial charge on any atom is -0.317 e. The number of para-hydroxylation sites is 1. The first-order chi connectivity index (χ1) is 9.22. The Bertz CT molecular complexity index is 591. The first-order valence-corrected chi connectivity index (χ1v) is 6.84. The van der Waals surface area contributed by atoms with Crippen LogP contribution in [0.4, 0.5) is 0 Å². The van der Waals surface area contributed by atoms with Gasteiger partial charge in [-0.15, -0.1) is 0 Å². The van der Waals surface area contributed by atoms with E-state index in [1.807, 2.05) is 36.0 Å². The van der Waals surface area contributed by atoms with Crippen LogP contribution in [-0.2, 0) is 6.54 Å². The summed E-state index contributed by atoms with van der Waals surface area (Å²) in [6.45, 7) is 3.05. The molecular weight excluding hydrogens is 238 g/mol. The highest BCUT2D eigenvalue weighted by atomic mass is 16.1. The molecule has 0 radical (unpaired) electrons. The average Bonchev–Trinajstić information content (AvgIpc) is 2.45. The van der Waals surface area contributed by atoms with Crippen molar-refractivity contribution in [3.8, 4) is 0 Å². The Morgan fingerprint density at radius 2 is 2.11 bits per heavy atom. The van der Waals surface area contributed by atoms with Crippen molar-refractivity contribution in [2.24, 2.45) is 0 Å². The zero-order valence-corrected chi connectivity index (χ0v) is 11.6. The molecule has 0 aliphatic carbocycles. The quantitative estimate of drug-likeness (QED) is 0.809. The Morgan fingerprint density at radius 3 is 2.89 bits per heavy atom. The van der Waals surface area contributed by atoms with E-state index in [4.69, 9.17) is 0 Å². The first kappa shape index (κ1) is 13.7. The minimum atomic E-state index is -0.00402.